The highest BCUT2D eigenvalue weighted by atomic mass is 35.5. The molecule has 1 aromatic carbocycles. The molecule has 0 atom stereocenters. The molecule has 1 aliphatic rings. The number of rotatable bonds is 2. The van der Waals surface area contributed by atoms with Crippen LogP contribution in [0, 0.1) is 5.41 Å². The first-order valence-corrected chi connectivity index (χ1v) is 6.25. The third-order valence-electron chi connectivity index (χ3n) is 2.87. The molecule has 0 bridgehead atoms. The first-order valence-electron chi connectivity index (χ1n) is 5.49. The Morgan fingerprint density at radius 2 is 2.06 bits per heavy atom. The van der Waals surface area contributed by atoms with E-state index in [1.165, 1.54) is 5.06 Å². The van der Waals surface area contributed by atoms with Gasteiger partial charge in [0.1, 0.15) is 0 Å². The van der Waals surface area contributed by atoms with Gasteiger partial charge in [-0.2, -0.15) is 0 Å². The molecule has 18 heavy (non-hydrogen) atoms. The number of anilines is 1. The summed E-state index contributed by atoms with van der Waals surface area (Å²) in [6.07, 6.45) is 0. The van der Waals surface area contributed by atoms with Crippen molar-refractivity contribution in [3.8, 4) is 0 Å². The molecule has 1 saturated heterocycles. The van der Waals surface area contributed by atoms with Crippen molar-refractivity contribution in [2.24, 2.45) is 5.41 Å². The molecule has 98 valence electrons. The van der Waals surface area contributed by atoms with Crippen LogP contribution in [0.15, 0.2) is 12.1 Å². The Morgan fingerprint density at radius 1 is 1.39 bits per heavy atom. The van der Waals surface area contributed by atoms with Crippen LogP contribution < -0.4 is 5.73 Å². The van der Waals surface area contributed by atoms with Crippen molar-refractivity contribution in [2.45, 2.75) is 20.4 Å². The summed E-state index contributed by atoms with van der Waals surface area (Å²) < 4.78 is 0. The molecule has 4 nitrogen and oxygen atoms in total. The average Bonchev–Trinajstić information content (AvgIpc) is 2.53. The number of amides is 1. The molecule has 1 aliphatic heterocycles. The SMILES string of the molecule is CC1(C)CON(Cc2cc(N)c(Cl)cc2Cl)C1=O. The fourth-order valence-corrected chi connectivity index (χ4v) is 2.15. The van der Waals surface area contributed by atoms with Gasteiger partial charge in [0.25, 0.3) is 5.91 Å². The summed E-state index contributed by atoms with van der Waals surface area (Å²) in [5, 5.41) is 2.18. The van der Waals surface area contributed by atoms with Crippen molar-refractivity contribution in [2.75, 3.05) is 12.3 Å². The van der Waals surface area contributed by atoms with Gasteiger partial charge in [0, 0.05) is 5.02 Å². The summed E-state index contributed by atoms with van der Waals surface area (Å²) in [6.45, 7) is 4.31. The molecular formula is C12H14Cl2N2O2. The van der Waals surface area contributed by atoms with E-state index in [9.17, 15) is 4.79 Å². The summed E-state index contributed by atoms with van der Waals surface area (Å²) >= 11 is 11.9. The van der Waals surface area contributed by atoms with E-state index in [0.29, 0.717) is 27.9 Å². The summed E-state index contributed by atoms with van der Waals surface area (Å²) in [6, 6.07) is 3.23. The maximum Gasteiger partial charge on any atom is 0.254 e. The van der Waals surface area contributed by atoms with Gasteiger partial charge in [-0.15, -0.1) is 0 Å². The van der Waals surface area contributed by atoms with Gasteiger partial charge in [0.15, 0.2) is 0 Å². The highest BCUT2D eigenvalue weighted by Crippen LogP contribution is 2.32. The molecule has 1 aromatic rings. The lowest BCUT2D eigenvalue weighted by atomic mass is 9.95. The van der Waals surface area contributed by atoms with Crippen molar-refractivity contribution >= 4 is 34.8 Å². The van der Waals surface area contributed by atoms with E-state index in [1.54, 1.807) is 12.1 Å². The van der Waals surface area contributed by atoms with Gasteiger partial charge in [0.05, 0.1) is 29.3 Å². The predicted octanol–water partition coefficient (Wildman–Crippen LogP) is 2.88. The summed E-state index contributed by atoms with van der Waals surface area (Å²) in [4.78, 5) is 17.4. The third kappa shape index (κ3) is 2.41. The molecule has 0 spiro atoms. The Balaban J connectivity index is 2.21. The normalized spacial score (nSPS) is 18.4. The number of nitrogens with zero attached hydrogens (tertiary/aromatic N) is 1. The van der Waals surface area contributed by atoms with E-state index in [1.807, 2.05) is 13.8 Å². The molecule has 1 amide bonds. The maximum absolute atomic E-state index is 12.0. The van der Waals surface area contributed by atoms with Crippen LogP contribution in [0.25, 0.3) is 0 Å². The van der Waals surface area contributed by atoms with Crippen LogP contribution in [0.4, 0.5) is 5.69 Å². The number of hydroxylamine groups is 2. The van der Waals surface area contributed by atoms with E-state index >= 15 is 0 Å². The van der Waals surface area contributed by atoms with Gasteiger partial charge in [-0.25, -0.2) is 5.06 Å². The molecular weight excluding hydrogens is 275 g/mol. The second kappa shape index (κ2) is 4.61. The van der Waals surface area contributed by atoms with Crippen molar-refractivity contribution in [1.82, 2.24) is 5.06 Å². The van der Waals surface area contributed by atoms with Gasteiger partial charge >= 0.3 is 0 Å². The number of hydrogen-bond acceptors (Lipinski definition) is 3. The van der Waals surface area contributed by atoms with Crippen molar-refractivity contribution in [3.63, 3.8) is 0 Å². The van der Waals surface area contributed by atoms with E-state index in [4.69, 9.17) is 33.8 Å². The Bertz CT molecular complexity index is 503. The van der Waals surface area contributed by atoms with Gasteiger partial charge in [-0.05, 0) is 31.5 Å². The van der Waals surface area contributed by atoms with Gasteiger partial charge in [0.2, 0.25) is 0 Å². The van der Waals surface area contributed by atoms with Crippen molar-refractivity contribution in [1.29, 1.82) is 0 Å². The fraction of sp³-hybridized carbons (Fsp3) is 0.417. The molecule has 0 aromatic heterocycles. The second-order valence-electron chi connectivity index (χ2n) is 4.96. The molecule has 2 rings (SSSR count). The van der Waals surface area contributed by atoms with E-state index in [2.05, 4.69) is 0 Å². The van der Waals surface area contributed by atoms with Crippen LogP contribution >= 0.6 is 23.2 Å². The number of halogens is 2. The third-order valence-corrected chi connectivity index (χ3v) is 3.55. The zero-order valence-electron chi connectivity index (χ0n) is 10.2. The van der Waals surface area contributed by atoms with Crippen molar-refractivity contribution < 1.29 is 9.63 Å². The highest BCUT2D eigenvalue weighted by molar-refractivity contribution is 6.36. The number of benzene rings is 1. The Morgan fingerprint density at radius 3 is 2.61 bits per heavy atom. The molecule has 0 saturated carbocycles. The summed E-state index contributed by atoms with van der Waals surface area (Å²) in [5.74, 6) is -0.0629. The molecule has 0 aliphatic carbocycles. The molecule has 1 fully saturated rings. The van der Waals surface area contributed by atoms with Crippen LogP contribution in [0.2, 0.25) is 10.0 Å². The van der Waals surface area contributed by atoms with E-state index in [-0.39, 0.29) is 12.5 Å². The van der Waals surface area contributed by atoms with Gasteiger partial charge < -0.3 is 5.73 Å². The Hall–Kier alpha value is -0.970. The molecule has 1 heterocycles. The number of nitrogens with two attached hydrogens (primary N) is 1. The first kappa shape index (κ1) is 13.5. The monoisotopic (exact) mass is 288 g/mol. The van der Waals surface area contributed by atoms with Crippen LogP contribution in [-0.2, 0) is 16.2 Å². The predicted molar refractivity (Wildman–Crippen MR) is 71.2 cm³/mol. The zero-order valence-corrected chi connectivity index (χ0v) is 11.7. The minimum absolute atomic E-state index is 0.0629. The summed E-state index contributed by atoms with van der Waals surface area (Å²) in [7, 11) is 0. The quantitative estimate of drug-likeness (QED) is 0.852. The maximum atomic E-state index is 12.0. The largest absolute Gasteiger partial charge is 0.398 e. The summed E-state index contributed by atoms with van der Waals surface area (Å²) in [5.41, 5.74) is 6.37. The zero-order chi connectivity index (χ0) is 13.5. The number of hydrogen-bond donors (Lipinski definition) is 1. The van der Waals surface area contributed by atoms with Crippen LogP contribution in [0.5, 0.6) is 0 Å². The Kier molecular flexibility index (Phi) is 3.45. The standard InChI is InChI=1S/C12H14Cl2N2O2/c1-12(2)6-18-16(11(12)17)5-7-3-10(15)9(14)4-8(7)13/h3-4H,5-6,15H2,1-2H3. The van der Waals surface area contributed by atoms with Crippen LogP contribution in [0.1, 0.15) is 19.4 Å². The Labute approximate surface area is 116 Å². The van der Waals surface area contributed by atoms with Crippen molar-refractivity contribution in [3.05, 3.63) is 27.7 Å². The molecule has 0 unspecified atom stereocenters. The fourth-order valence-electron chi connectivity index (χ4n) is 1.70. The lowest BCUT2D eigenvalue weighted by molar-refractivity contribution is -0.165. The highest BCUT2D eigenvalue weighted by Gasteiger charge is 2.40. The van der Waals surface area contributed by atoms with E-state index < -0.39 is 5.41 Å². The van der Waals surface area contributed by atoms with Crippen LogP contribution in [0.3, 0.4) is 0 Å². The lowest BCUT2D eigenvalue weighted by Gasteiger charge is -2.17. The molecule has 2 N–H and O–H groups in total. The number of nitrogen functional groups attached to an aromatic ring is 1. The van der Waals surface area contributed by atoms with Crippen LogP contribution in [-0.4, -0.2) is 17.6 Å². The van der Waals surface area contributed by atoms with Gasteiger partial charge in [-0.1, -0.05) is 23.2 Å². The molecule has 0 radical (unpaired) electrons. The number of carbonyl (C=O) groups is 1. The van der Waals surface area contributed by atoms with E-state index in [0.717, 1.165) is 0 Å². The minimum Gasteiger partial charge on any atom is -0.398 e. The smallest absolute Gasteiger partial charge is 0.254 e. The topological polar surface area (TPSA) is 55.6 Å². The first-order chi connectivity index (χ1) is 8.31. The molecule has 6 heteroatoms. The minimum atomic E-state index is -0.496. The number of carbonyl (C=O) groups excluding carboxylic acids is 1. The lowest BCUT2D eigenvalue weighted by Crippen LogP contribution is -2.30. The second-order valence-corrected chi connectivity index (χ2v) is 5.78. The van der Waals surface area contributed by atoms with Gasteiger partial charge in [-0.3, -0.25) is 9.63 Å². The average molecular weight is 289 g/mol.